The van der Waals surface area contributed by atoms with Crippen molar-refractivity contribution >= 4 is 32.6 Å². The minimum atomic E-state index is -3.06. The molecule has 8 nitrogen and oxygen atoms in total. The van der Waals surface area contributed by atoms with E-state index in [1.165, 1.54) is 46.5 Å². The standard InChI is InChI=1S/C22H13F4N5O3S.C2H6/c23-16(24)9-33-18-6-4-14-20(29-18)19(11-1-5-17(27-8-11)34-22(25)26)21(32)31(30-14)12-2-3-13-15(7-12)35-10-28-13;1-2/h1-8,10,16,22H,9H2;1-2H3. The van der Waals surface area contributed by atoms with Crippen LogP contribution in [0.15, 0.2) is 59.0 Å². The Hall–Kier alpha value is -4.13. The van der Waals surface area contributed by atoms with Gasteiger partial charge >= 0.3 is 6.61 Å². The van der Waals surface area contributed by atoms with E-state index in [1.807, 2.05) is 13.8 Å². The molecule has 0 bridgehead atoms. The average Bonchev–Trinajstić information content (AvgIpc) is 3.37. The predicted octanol–water partition coefficient (Wildman–Crippen LogP) is 5.72. The molecule has 0 spiro atoms. The summed E-state index contributed by atoms with van der Waals surface area (Å²) >= 11 is 1.39. The number of ether oxygens (including phenoxy) is 2. The molecule has 5 aromatic rings. The Balaban J connectivity index is 0.00000156. The molecule has 37 heavy (non-hydrogen) atoms. The maximum absolute atomic E-state index is 13.6. The van der Waals surface area contributed by atoms with E-state index >= 15 is 0 Å². The predicted molar refractivity (Wildman–Crippen MR) is 131 cm³/mol. The lowest BCUT2D eigenvalue weighted by Gasteiger charge is -2.12. The second kappa shape index (κ2) is 11.3. The Morgan fingerprint density at radius 1 is 0.973 bits per heavy atom. The summed E-state index contributed by atoms with van der Waals surface area (Å²) in [5.74, 6) is -0.471. The van der Waals surface area contributed by atoms with Gasteiger partial charge in [0.05, 0.1) is 27.0 Å². The number of fused-ring (bicyclic) bond motifs is 2. The molecule has 5 rings (SSSR count). The topological polar surface area (TPSA) is 92.0 Å². The van der Waals surface area contributed by atoms with Gasteiger partial charge in [-0.1, -0.05) is 13.8 Å². The number of thiazole rings is 1. The van der Waals surface area contributed by atoms with E-state index in [0.29, 0.717) is 5.69 Å². The molecule has 0 N–H and O–H groups in total. The molecule has 1 aromatic carbocycles. The van der Waals surface area contributed by atoms with Crippen molar-refractivity contribution < 1.29 is 27.0 Å². The molecule has 0 atom stereocenters. The van der Waals surface area contributed by atoms with Gasteiger partial charge in [-0.3, -0.25) is 4.79 Å². The maximum Gasteiger partial charge on any atom is 0.388 e. The zero-order valence-corrected chi connectivity index (χ0v) is 20.3. The molecule has 0 amide bonds. The van der Waals surface area contributed by atoms with Gasteiger partial charge in [0.1, 0.15) is 11.0 Å². The fourth-order valence-electron chi connectivity index (χ4n) is 3.39. The molecule has 0 aliphatic carbocycles. The molecule has 0 radical (unpaired) electrons. The number of nitrogens with zero attached hydrogens (tertiary/aromatic N) is 5. The number of aromatic nitrogens is 5. The molecule has 0 saturated carbocycles. The number of benzene rings is 1. The Kier molecular flexibility index (Phi) is 7.92. The van der Waals surface area contributed by atoms with Crippen LogP contribution in [-0.4, -0.2) is 44.4 Å². The van der Waals surface area contributed by atoms with Gasteiger partial charge in [-0.2, -0.15) is 18.6 Å². The van der Waals surface area contributed by atoms with Crippen molar-refractivity contribution in [1.29, 1.82) is 0 Å². The first-order valence-corrected chi connectivity index (χ1v) is 11.9. The van der Waals surface area contributed by atoms with Crippen LogP contribution < -0.4 is 15.0 Å². The Bertz CT molecular complexity index is 1580. The van der Waals surface area contributed by atoms with E-state index in [9.17, 15) is 22.4 Å². The molecule has 0 fully saturated rings. The number of alkyl halides is 4. The fourth-order valence-corrected chi connectivity index (χ4v) is 4.10. The van der Waals surface area contributed by atoms with Crippen molar-refractivity contribution in [2.75, 3.05) is 6.61 Å². The largest absolute Gasteiger partial charge is 0.472 e. The number of halogens is 4. The molecule has 0 aliphatic heterocycles. The second-order valence-corrected chi connectivity index (χ2v) is 7.97. The van der Waals surface area contributed by atoms with Crippen molar-refractivity contribution in [3.63, 3.8) is 0 Å². The fraction of sp³-hybridized carbons (Fsp3) is 0.208. The third kappa shape index (κ3) is 5.66. The van der Waals surface area contributed by atoms with Gasteiger partial charge in [-0.05, 0) is 30.3 Å². The highest BCUT2D eigenvalue weighted by Crippen LogP contribution is 2.27. The summed E-state index contributed by atoms with van der Waals surface area (Å²) in [6.07, 6.45) is -1.54. The van der Waals surface area contributed by atoms with Crippen molar-refractivity contribution in [3.05, 3.63) is 64.5 Å². The highest BCUT2D eigenvalue weighted by Gasteiger charge is 2.19. The van der Waals surface area contributed by atoms with E-state index in [2.05, 4.69) is 24.8 Å². The summed E-state index contributed by atoms with van der Waals surface area (Å²) in [6.45, 7) is 0.0548. The van der Waals surface area contributed by atoms with Gasteiger partial charge in [0.15, 0.2) is 6.61 Å². The zero-order valence-electron chi connectivity index (χ0n) is 19.4. The monoisotopic (exact) mass is 533 g/mol. The molecule has 0 unspecified atom stereocenters. The van der Waals surface area contributed by atoms with Crippen LogP contribution in [0.1, 0.15) is 13.8 Å². The first-order valence-electron chi connectivity index (χ1n) is 11.0. The molecular formula is C24H19F4N5O3S. The van der Waals surface area contributed by atoms with Crippen molar-refractivity contribution in [2.24, 2.45) is 0 Å². The van der Waals surface area contributed by atoms with Crippen molar-refractivity contribution in [1.82, 2.24) is 24.7 Å². The van der Waals surface area contributed by atoms with Crippen LogP contribution in [0, 0.1) is 0 Å². The van der Waals surface area contributed by atoms with E-state index < -0.39 is 25.2 Å². The lowest BCUT2D eigenvalue weighted by Crippen LogP contribution is -2.23. The summed E-state index contributed by atoms with van der Waals surface area (Å²) in [5.41, 5.74) is 2.89. The number of pyridine rings is 2. The Morgan fingerprint density at radius 2 is 1.73 bits per heavy atom. The molecule has 13 heteroatoms. The lowest BCUT2D eigenvalue weighted by atomic mass is 10.1. The van der Waals surface area contributed by atoms with Gasteiger partial charge in [-0.15, -0.1) is 11.3 Å². The van der Waals surface area contributed by atoms with Gasteiger partial charge in [0, 0.05) is 23.9 Å². The smallest absolute Gasteiger partial charge is 0.388 e. The van der Waals surface area contributed by atoms with Gasteiger partial charge in [0.2, 0.25) is 11.8 Å². The summed E-state index contributed by atoms with van der Waals surface area (Å²) in [6, 6.07) is 10.6. The van der Waals surface area contributed by atoms with Crippen LogP contribution in [-0.2, 0) is 0 Å². The first kappa shape index (κ1) is 25.9. The highest BCUT2D eigenvalue weighted by molar-refractivity contribution is 7.16. The van der Waals surface area contributed by atoms with Crippen LogP contribution in [0.2, 0.25) is 0 Å². The van der Waals surface area contributed by atoms with E-state index in [4.69, 9.17) is 4.74 Å². The molecular weight excluding hydrogens is 514 g/mol. The molecule has 4 aromatic heterocycles. The molecule has 4 heterocycles. The van der Waals surface area contributed by atoms with Gasteiger partial charge in [0.25, 0.3) is 12.0 Å². The second-order valence-electron chi connectivity index (χ2n) is 7.08. The van der Waals surface area contributed by atoms with Crippen LogP contribution in [0.25, 0.3) is 38.1 Å². The van der Waals surface area contributed by atoms with E-state index in [-0.39, 0.29) is 33.9 Å². The van der Waals surface area contributed by atoms with Crippen LogP contribution in [0.5, 0.6) is 11.8 Å². The normalized spacial score (nSPS) is 11.1. The third-order valence-corrected chi connectivity index (χ3v) is 5.64. The van der Waals surface area contributed by atoms with Crippen LogP contribution in [0.4, 0.5) is 17.6 Å². The molecule has 0 aliphatic rings. The quantitative estimate of drug-likeness (QED) is 0.247. The average molecular weight is 534 g/mol. The van der Waals surface area contributed by atoms with Crippen molar-refractivity contribution in [2.45, 2.75) is 26.9 Å². The Morgan fingerprint density at radius 3 is 2.43 bits per heavy atom. The number of hydrogen-bond acceptors (Lipinski definition) is 8. The van der Waals surface area contributed by atoms with Crippen LogP contribution in [0.3, 0.4) is 0 Å². The first-order chi connectivity index (χ1) is 17.9. The highest BCUT2D eigenvalue weighted by atomic mass is 32.1. The maximum atomic E-state index is 13.6. The lowest BCUT2D eigenvalue weighted by molar-refractivity contribution is -0.0528. The molecule has 192 valence electrons. The third-order valence-electron chi connectivity index (χ3n) is 4.85. The van der Waals surface area contributed by atoms with E-state index in [1.54, 1.807) is 23.7 Å². The molecule has 0 saturated heterocycles. The number of hydrogen-bond donors (Lipinski definition) is 0. The zero-order chi connectivity index (χ0) is 26.5. The number of rotatable bonds is 7. The van der Waals surface area contributed by atoms with Gasteiger partial charge in [-0.25, -0.2) is 23.7 Å². The Labute approximate surface area is 211 Å². The minimum Gasteiger partial charge on any atom is -0.472 e. The summed E-state index contributed by atoms with van der Waals surface area (Å²) in [4.78, 5) is 25.9. The van der Waals surface area contributed by atoms with Crippen LogP contribution >= 0.6 is 11.3 Å². The SMILES string of the molecule is CC.O=c1c(-c2ccc(OC(F)F)nc2)c2nc(OCC(F)F)ccc2nn1-c1ccc2ncsc2c1. The summed E-state index contributed by atoms with van der Waals surface area (Å²) in [5, 5.41) is 4.39. The van der Waals surface area contributed by atoms with Crippen molar-refractivity contribution in [3.8, 4) is 28.6 Å². The minimum absolute atomic E-state index is 0.0259. The van der Waals surface area contributed by atoms with Gasteiger partial charge < -0.3 is 9.47 Å². The summed E-state index contributed by atoms with van der Waals surface area (Å²) in [7, 11) is 0. The summed E-state index contributed by atoms with van der Waals surface area (Å²) < 4.78 is 61.5. The van der Waals surface area contributed by atoms with E-state index in [0.717, 1.165) is 10.2 Å².